The summed E-state index contributed by atoms with van der Waals surface area (Å²) in [7, 11) is -1.24. The number of hydrogen-bond acceptors (Lipinski definition) is 0. The van der Waals surface area contributed by atoms with E-state index in [0.717, 1.165) is 0 Å². The van der Waals surface area contributed by atoms with E-state index in [-0.39, 0.29) is 0 Å². The molecule has 2 heteroatoms. The molecule has 2 aromatic carbocycles. The van der Waals surface area contributed by atoms with E-state index in [0.29, 0.717) is 0 Å². The van der Waals surface area contributed by atoms with Crippen molar-refractivity contribution < 1.29 is 21.8 Å². The maximum absolute atomic E-state index is 2.50. The van der Waals surface area contributed by atoms with Gasteiger partial charge >= 0.3 is 157 Å². The van der Waals surface area contributed by atoms with Crippen molar-refractivity contribution in [1.82, 2.24) is 0 Å². The second kappa shape index (κ2) is 7.93. The molecule has 2 aromatic rings. The van der Waals surface area contributed by atoms with E-state index in [2.05, 4.69) is 92.5 Å². The van der Waals surface area contributed by atoms with Gasteiger partial charge < -0.3 is 0 Å². The van der Waals surface area contributed by atoms with Crippen molar-refractivity contribution in [2.45, 2.75) is 34.3 Å². The average Bonchev–Trinajstić information content (AvgIpc) is 3.06. The Balaban J connectivity index is 1.93. The fourth-order valence-electron chi connectivity index (χ4n) is 3.50. The van der Waals surface area contributed by atoms with Gasteiger partial charge in [0.15, 0.2) is 0 Å². The minimum absolute atomic E-state index is 1.23. The predicted octanol–water partition coefficient (Wildman–Crippen LogP) is 6.10. The molecule has 0 aliphatic heterocycles. The van der Waals surface area contributed by atoms with E-state index in [9.17, 15) is 0 Å². The van der Waals surface area contributed by atoms with Crippen LogP contribution in [0.25, 0.3) is 0 Å². The van der Waals surface area contributed by atoms with Crippen molar-refractivity contribution in [3.05, 3.63) is 92.4 Å². The van der Waals surface area contributed by atoms with Crippen molar-refractivity contribution >= 4 is 8.07 Å². The zero-order valence-electron chi connectivity index (χ0n) is 15.0. The Morgan fingerprint density at radius 2 is 1.29 bits per heavy atom. The van der Waals surface area contributed by atoms with Crippen LogP contribution in [-0.2, 0) is 30.0 Å². The molecule has 0 bridgehead atoms. The molecule has 0 fully saturated rings. The summed E-state index contributed by atoms with van der Waals surface area (Å²) in [6.07, 6.45) is 6.13. The number of rotatable bonds is 6. The fraction of sp³-hybridized carbons (Fsp3) is 0.273. The summed E-state index contributed by atoms with van der Waals surface area (Å²) in [5.41, 5.74) is 3.08. The predicted molar refractivity (Wildman–Crippen MR) is 104 cm³/mol. The van der Waals surface area contributed by atoms with Crippen LogP contribution >= 0.6 is 0 Å². The first-order valence-corrected chi connectivity index (χ1v) is 17.1. The van der Waals surface area contributed by atoms with E-state index in [1.54, 1.807) is 5.20 Å². The van der Waals surface area contributed by atoms with Crippen LogP contribution in [0.4, 0.5) is 0 Å². The Kier molecular flexibility index (Phi) is 5.89. The van der Waals surface area contributed by atoms with Gasteiger partial charge in [-0.1, -0.05) is 0 Å². The molecule has 123 valence electrons. The third-order valence-corrected chi connectivity index (χ3v) is 14.8. The molecule has 1 aliphatic rings. The second-order valence-electron chi connectivity index (χ2n) is 7.68. The molecular formula is C22H27SiZr. The molecule has 0 amide bonds. The van der Waals surface area contributed by atoms with Gasteiger partial charge in [0.05, 0.1) is 0 Å². The molecule has 0 unspecified atom stereocenters. The van der Waals surface area contributed by atoms with Crippen molar-refractivity contribution in [3.8, 4) is 0 Å². The number of allylic oxidation sites excluding steroid dienone is 4. The summed E-state index contributed by atoms with van der Waals surface area (Å²) >= 11 is -1.73. The number of hydrogen-bond donors (Lipinski definition) is 0. The van der Waals surface area contributed by atoms with Gasteiger partial charge in [0, 0.05) is 0 Å². The molecular weight excluding hydrogens is 384 g/mol. The third-order valence-electron chi connectivity index (χ3n) is 4.69. The molecule has 0 nitrogen and oxygen atoms in total. The summed E-state index contributed by atoms with van der Waals surface area (Å²) in [5.74, 6) is 0. The first-order chi connectivity index (χ1) is 11.5. The van der Waals surface area contributed by atoms with Crippen molar-refractivity contribution in [2.75, 3.05) is 0 Å². The third kappa shape index (κ3) is 4.55. The van der Waals surface area contributed by atoms with Gasteiger partial charge in [-0.05, 0) is 0 Å². The monoisotopic (exact) mass is 409 g/mol. The van der Waals surface area contributed by atoms with Crippen LogP contribution in [0.3, 0.4) is 0 Å². The van der Waals surface area contributed by atoms with Crippen LogP contribution in [0.1, 0.15) is 17.5 Å². The first kappa shape index (κ1) is 17.8. The molecule has 0 radical (unpaired) electrons. The van der Waals surface area contributed by atoms with E-state index in [1.807, 2.05) is 3.28 Å². The van der Waals surface area contributed by atoms with Crippen LogP contribution in [0, 0.1) is 0 Å². The minimum atomic E-state index is -1.73. The molecule has 1 aliphatic carbocycles. The van der Waals surface area contributed by atoms with Gasteiger partial charge in [0.1, 0.15) is 0 Å². The molecule has 3 rings (SSSR count). The van der Waals surface area contributed by atoms with Crippen molar-refractivity contribution in [3.63, 3.8) is 0 Å². The van der Waals surface area contributed by atoms with E-state index in [1.165, 1.54) is 25.8 Å². The van der Waals surface area contributed by atoms with E-state index < -0.39 is 29.8 Å². The van der Waals surface area contributed by atoms with Gasteiger partial charge in [-0.2, -0.15) is 0 Å². The van der Waals surface area contributed by atoms with Crippen LogP contribution in [-0.4, -0.2) is 8.07 Å². The van der Waals surface area contributed by atoms with Crippen LogP contribution in [0.2, 0.25) is 19.6 Å². The Labute approximate surface area is 156 Å². The standard InChI is InChI=1S/C8H13Si.2C7H7.Zr/c1-9(2,3)8-6-4-5-7-8;2*1-7-5-3-2-4-6-7;/h4,6H,5H2,1-3H3;2*2-6H,1H2;. The van der Waals surface area contributed by atoms with Gasteiger partial charge in [0.2, 0.25) is 0 Å². The van der Waals surface area contributed by atoms with Crippen LogP contribution in [0.5, 0.6) is 0 Å². The Morgan fingerprint density at radius 3 is 1.75 bits per heavy atom. The Hall–Kier alpha value is -0.980. The number of benzene rings is 2. The van der Waals surface area contributed by atoms with Crippen molar-refractivity contribution in [1.29, 1.82) is 0 Å². The summed E-state index contributed by atoms with van der Waals surface area (Å²) < 4.78 is 4.57. The fourth-order valence-corrected chi connectivity index (χ4v) is 16.0. The SMILES string of the molecule is C[Si](C)(C)C1=[C]([Zr]([CH2]c2ccccc2)[CH2]c2ccccc2)CC=C1. The first-order valence-electron chi connectivity index (χ1n) is 8.87. The summed E-state index contributed by atoms with van der Waals surface area (Å²) in [6.45, 7) is 7.51. The van der Waals surface area contributed by atoms with Crippen LogP contribution in [0.15, 0.2) is 81.3 Å². The quantitative estimate of drug-likeness (QED) is 0.505. The van der Waals surface area contributed by atoms with Gasteiger partial charge in [-0.25, -0.2) is 0 Å². The summed E-state index contributed by atoms with van der Waals surface area (Å²) in [6, 6.07) is 22.3. The second-order valence-corrected chi connectivity index (χ2v) is 18.9. The molecule has 0 saturated heterocycles. The maximum atomic E-state index is 2.50. The van der Waals surface area contributed by atoms with E-state index in [4.69, 9.17) is 0 Å². The molecule has 0 spiro atoms. The van der Waals surface area contributed by atoms with Gasteiger partial charge in [-0.15, -0.1) is 0 Å². The molecule has 0 heterocycles. The molecule has 24 heavy (non-hydrogen) atoms. The normalized spacial score (nSPS) is 14.3. The average molecular weight is 411 g/mol. The van der Waals surface area contributed by atoms with Crippen molar-refractivity contribution in [2.24, 2.45) is 0 Å². The summed E-state index contributed by atoms with van der Waals surface area (Å²) in [5, 5.41) is 1.77. The van der Waals surface area contributed by atoms with Gasteiger partial charge in [0.25, 0.3) is 0 Å². The Morgan fingerprint density at radius 1 is 0.792 bits per heavy atom. The zero-order chi connectivity index (χ0) is 17.0. The topological polar surface area (TPSA) is 0 Å². The summed E-state index contributed by atoms with van der Waals surface area (Å²) in [4.78, 5) is 0. The van der Waals surface area contributed by atoms with E-state index >= 15 is 0 Å². The van der Waals surface area contributed by atoms with Gasteiger partial charge in [-0.3, -0.25) is 0 Å². The molecule has 0 atom stereocenters. The van der Waals surface area contributed by atoms with Crippen LogP contribution < -0.4 is 0 Å². The Bertz CT molecular complexity index is 682. The zero-order valence-corrected chi connectivity index (χ0v) is 18.5. The molecule has 0 N–H and O–H groups in total. The molecule has 0 aromatic heterocycles. The molecule has 0 saturated carbocycles.